The first-order valence-electron chi connectivity index (χ1n) is 6.00. The molecule has 0 spiro atoms. The summed E-state index contributed by atoms with van der Waals surface area (Å²) < 4.78 is 10.5. The van der Waals surface area contributed by atoms with Crippen LogP contribution in [0.3, 0.4) is 0 Å². The first-order valence-corrected chi connectivity index (χ1v) is 6.00. The fourth-order valence-electron chi connectivity index (χ4n) is 1.86. The molecule has 0 saturated carbocycles. The molecule has 0 amide bonds. The molecule has 3 aromatic rings. The summed E-state index contributed by atoms with van der Waals surface area (Å²) >= 11 is 0. The number of pyridine rings is 1. The molecule has 0 aliphatic rings. The van der Waals surface area contributed by atoms with Crippen molar-refractivity contribution in [2.45, 2.75) is 6.42 Å². The van der Waals surface area contributed by atoms with Crippen LogP contribution in [0.5, 0.6) is 5.75 Å². The summed E-state index contributed by atoms with van der Waals surface area (Å²) in [6.07, 6.45) is 2.43. The van der Waals surface area contributed by atoms with Crippen molar-refractivity contribution in [2.75, 3.05) is 12.3 Å². The van der Waals surface area contributed by atoms with Crippen LogP contribution < -0.4 is 10.5 Å². The summed E-state index contributed by atoms with van der Waals surface area (Å²) in [5.41, 5.74) is 7.20. The van der Waals surface area contributed by atoms with Crippen molar-refractivity contribution in [2.24, 2.45) is 0 Å². The van der Waals surface area contributed by atoms with E-state index >= 15 is 0 Å². The third kappa shape index (κ3) is 2.65. The van der Waals surface area contributed by atoms with Gasteiger partial charge in [0.2, 0.25) is 5.88 Å². The Morgan fingerprint density at radius 2 is 2.16 bits per heavy atom. The molecule has 0 saturated heterocycles. The van der Waals surface area contributed by atoms with Crippen LogP contribution in [0.15, 0.2) is 47.1 Å². The van der Waals surface area contributed by atoms with Crippen LogP contribution in [-0.2, 0) is 6.42 Å². The minimum absolute atomic E-state index is 0.326. The number of benzene rings is 1. The van der Waals surface area contributed by atoms with E-state index in [0.29, 0.717) is 18.9 Å². The van der Waals surface area contributed by atoms with Gasteiger partial charge in [0, 0.05) is 24.1 Å². The van der Waals surface area contributed by atoms with Crippen LogP contribution in [0, 0.1) is 0 Å². The number of rotatable bonds is 4. The highest BCUT2D eigenvalue weighted by Gasteiger charge is 2.02. The fourth-order valence-corrected chi connectivity index (χ4v) is 1.86. The maximum atomic E-state index is 5.68. The van der Waals surface area contributed by atoms with E-state index in [0.717, 1.165) is 22.3 Å². The molecule has 5 heteroatoms. The van der Waals surface area contributed by atoms with E-state index in [1.807, 2.05) is 30.3 Å². The minimum Gasteiger partial charge on any atom is -0.493 e. The Kier molecular flexibility index (Phi) is 3.02. The number of nitrogens with two attached hydrogens (primary N) is 1. The lowest BCUT2D eigenvalue weighted by molar-refractivity contribution is 0.316. The lowest BCUT2D eigenvalue weighted by atomic mass is 10.2. The van der Waals surface area contributed by atoms with Crippen molar-refractivity contribution >= 4 is 16.8 Å². The van der Waals surface area contributed by atoms with Crippen molar-refractivity contribution in [1.29, 1.82) is 0 Å². The molecule has 3 rings (SSSR count). The molecule has 19 heavy (non-hydrogen) atoms. The number of hydrogen-bond acceptors (Lipinski definition) is 5. The van der Waals surface area contributed by atoms with E-state index < -0.39 is 0 Å². The molecule has 0 atom stereocenters. The van der Waals surface area contributed by atoms with Gasteiger partial charge in [-0.05, 0) is 24.3 Å². The standard InChI is InChI=1S/C14H13N3O2/c15-14-9-11(17-19-14)5-7-18-12-3-4-13-10(8-12)2-1-6-16-13/h1-4,6,8-9H,5,7,15H2. The van der Waals surface area contributed by atoms with E-state index in [1.165, 1.54) is 0 Å². The van der Waals surface area contributed by atoms with Crippen LogP contribution in [-0.4, -0.2) is 16.7 Å². The number of aromatic nitrogens is 2. The SMILES string of the molecule is Nc1cc(CCOc2ccc3ncccc3c2)no1. The Balaban J connectivity index is 1.65. The van der Waals surface area contributed by atoms with Gasteiger partial charge in [-0.25, -0.2) is 0 Å². The van der Waals surface area contributed by atoms with Crippen molar-refractivity contribution < 1.29 is 9.26 Å². The summed E-state index contributed by atoms with van der Waals surface area (Å²) in [6, 6.07) is 11.4. The maximum Gasteiger partial charge on any atom is 0.222 e. The first-order chi connectivity index (χ1) is 9.31. The summed E-state index contributed by atoms with van der Waals surface area (Å²) in [5.74, 6) is 1.14. The van der Waals surface area contributed by atoms with E-state index in [2.05, 4.69) is 10.1 Å². The third-order valence-corrected chi connectivity index (χ3v) is 2.78. The molecule has 0 aliphatic heterocycles. The number of nitrogens with zero attached hydrogens (tertiary/aromatic N) is 2. The average molecular weight is 255 g/mol. The monoisotopic (exact) mass is 255 g/mol. The lowest BCUT2D eigenvalue weighted by Gasteiger charge is -2.05. The minimum atomic E-state index is 0.326. The van der Waals surface area contributed by atoms with Gasteiger partial charge in [0.25, 0.3) is 0 Å². The molecule has 0 fully saturated rings. The Hall–Kier alpha value is -2.56. The zero-order valence-electron chi connectivity index (χ0n) is 10.2. The van der Waals surface area contributed by atoms with Gasteiger partial charge in [-0.2, -0.15) is 0 Å². The average Bonchev–Trinajstić information content (AvgIpc) is 2.84. The lowest BCUT2D eigenvalue weighted by Crippen LogP contribution is -2.01. The molecule has 1 aromatic carbocycles. The number of hydrogen-bond donors (Lipinski definition) is 1. The van der Waals surface area contributed by atoms with Crippen LogP contribution in [0.2, 0.25) is 0 Å². The second-order valence-electron chi connectivity index (χ2n) is 4.18. The van der Waals surface area contributed by atoms with E-state index in [4.69, 9.17) is 15.0 Å². The van der Waals surface area contributed by atoms with Crippen LogP contribution in [0.1, 0.15) is 5.69 Å². The predicted molar refractivity (Wildman–Crippen MR) is 71.9 cm³/mol. The topological polar surface area (TPSA) is 74.2 Å². The summed E-state index contributed by atoms with van der Waals surface area (Å²) in [6.45, 7) is 0.526. The normalized spacial score (nSPS) is 10.7. The molecular formula is C14H13N3O2. The van der Waals surface area contributed by atoms with Gasteiger partial charge >= 0.3 is 0 Å². The van der Waals surface area contributed by atoms with Gasteiger partial charge in [0.15, 0.2) is 0 Å². The van der Waals surface area contributed by atoms with Gasteiger partial charge in [0.1, 0.15) is 5.75 Å². The van der Waals surface area contributed by atoms with Crippen molar-refractivity contribution in [3.05, 3.63) is 48.3 Å². The molecule has 0 unspecified atom stereocenters. The smallest absolute Gasteiger partial charge is 0.222 e. The van der Waals surface area contributed by atoms with E-state index in [9.17, 15) is 0 Å². The first kappa shape index (κ1) is 11.5. The van der Waals surface area contributed by atoms with Gasteiger partial charge in [0.05, 0.1) is 17.8 Å². The maximum absolute atomic E-state index is 5.68. The van der Waals surface area contributed by atoms with Crippen LogP contribution in [0.25, 0.3) is 10.9 Å². The molecule has 0 aliphatic carbocycles. The molecule has 96 valence electrons. The Labute approximate surface area is 110 Å². The number of ether oxygens (including phenoxy) is 1. The number of fused-ring (bicyclic) bond motifs is 1. The number of anilines is 1. The van der Waals surface area contributed by atoms with Crippen molar-refractivity contribution in [3.63, 3.8) is 0 Å². The predicted octanol–water partition coefficient (Wildman–Crippen LogP) is 2.43. The third-order valence-electron chi connectivity index (χ3n) is 2.78. The number of nitrogen functional groups attached to an aromatic ring is 1. The molecule has 0 bridgehead atoms. The highest BCUT2D eigenvalue weighted by atomic mass is 16.5. The molecule has 5 nitrogen and oxygen atoms in total. The summed E-state index contributed by atoms with van der Waals surface area (Å²) in [7, 11) is 0. The van der Waals surface area contributed by atoms with Gasteiger partial charge in [-0.15, -0.1) is 0 Å². The molecule has 2 heterocycles. The molecule has 2 aromatic heterocycles. The summed E-state index contributed by atoms with van der Waals surface area (Å²) in [4.78, 5) is 4.26. The molecule has 0 radical (unpaired) electrons. The van der Waals surface area contributed by atoms with Crippen LogP contribution >= 0.6 is 0 Å². The highest BCUT2D eigenvalue weighted by molar-refractivity contribution is 5.79. The fraction of sp³-hybridized carbons (Fsp3) is 0.143. The van der Waals surface area contributed by atoms with Crippen molar-refractivity contribution in [3.8, 4) is 5.75 Å². The Bertz CT molecular complexity index is 694. The Morgan fingerprint density at radius 3 is 3.00 bits per heavy atom. The van der Waals surface area contributed by atoms with E-state index in [1.54, 1.807) is 12.3 Å². The summed E-state index contributed by atoms with van der Waals surface area (Å²) in [5, 5.41) is 4.87. The zero-order valence-corrected chi connectivity index (χ0v) is 10.2. The zero-order chi connectivity index (χ0) is 13.1. The van der Waals surface area contributed by atoms with E-state index in [-0.39, 0.29) is 0 Å². The van der Waals surface area contributed by atoms with Crippen LogP contribution in [0.4, 0.5) is 5.88 Å². The highest BCUT2D eigenvalue weighted by Crippen LogP contribution is 2.19. The Morgan fingerprint density at radius 1 is 1.21 bits per heavy atom. The second kappa shape index (κ2) is 4.97. The molecule has 2 N–H and O–H groups in total. The van der Waals surface area contributed by atoms with Gasteiger partial charge in [-0.3, -0.25) is 4.98 Å². The largest absolute Gasteiger partial charge is 0.493 e. The quantitative estimate of drug-likeness (QED) is 0.775. The molecular weight excluding hydrogens is 242 g/mol. The van der Waals surface area contributed by atoms with Gasteiger partial charge < -0.3 is 15.0 Å². The second-order valence-corrected chi connectivity index (χ2v) is 4.18. The van der Waals surface area contributed by atoms with Crippen molar-refractivity contribution in [1.82, 2.24) is 10.1 Å². The van der Waals surface area contributed by atoms with Gasteiger partial charge in [-0.1, -0.05) is 11.2 Å².